The second-order valence-corrected chi connectivity index (χ2v) is 4.75. The second kappa shape index (κ2) is 7.59. The van der Waals surface area contributed by atoms with E-state index in [1.54, 1.807) is 7.11 Å². The highest BCUT2D eigenvalue weighted by molar-refractivity contribution is 5.29. The number of aromatic nitrogens is 1. The van der Waals surface area contributed by atoms with Crippen molar-refractivity contribution >= 4 is 0 Å². The van der Waals surface area contributed by atoms with Gasteiger partial charge in [0.2, 0.25) is 0 Å². The maximum atomic E-state index is 13.1. The third-order valence-electron chi connectivity index (χ3n) is 3.14. The lowest BCUT2D eigenvalue weighted by atomic mass is 9.97. The number of pyridine rings is 1. The van der Waals surface area contributed by atoms with Crippen LogP contribution < -0.4 is 5.32 Å². The maximum absolute atomic E-state index is 13.1. The standard InChI is InChI=1S/C14H21F3N2O/c1-4-6-19-13(8-10(2)20-3)11-9-18-7-5-12(11)14(15,16)17/h5,7,9-10,13,19H,4,6,8H2,1-3H3. The van der Waals surface area contributed by atoms with Gasteiger partial charge in [-0.15, -0.1) is 0 Å². The fraction of sp³-hybridized carbons (Fsp3) is 0.643. The van der Waals surface area contributed by atoms with E-state index in [0.29, 0.717) is 13.0 Å². The van der Waals surface area contributed by atoms with Gasteiger partial charge in [0.1, 0.15) is 0 Å². The Morgan fingerprint density at radius 3 is 2.65 bits per heavy atom. The SMILES string of the molecule is CCCNC(CC(C)OC)c1cnccc1C(F)(F)F. The van der Waals surface area contributed by atoms with E-state index < -0.39 is 17.8 Å². The van der Waals surface area contributed by atoms with Crippen LogP contribution >= 0.6 is 0 Å². The first-order chi connectivity index (χ1) is 9.40. The quantitative estimate of drug-likeness (QED) is 0.833. The summed E-state index contributed by atoms with van der Waals surface area (Å²) in [5, 5.41) is 3.14. The molecule has 2 unspecified atom stereocenters. The molecule has 0 saturated heterocycles. The summed E-state index contributed by atoms with van der Waals surface area (Å²) in [7, 11) is 1.55. The van der Waals surface area contributed by atoms with Crippen molar-refractivity contribution in [3.8, 4) is 0 Å². The van der Waals surface area contributed by atoms with Gasteiger partial charge in [0.05, 0.1) is 11.7 Å². The van der Waals surface area contributed by atoms with Crippen LogP contribution in [0.15, 0.2) is 18.5 Å². The van der Waals surface area contributed by atoms with Gasteiger partial charge in [0.25, 0.3) is 0 Å². The smallest absolute Gasteiger partial charge is 0.382 e. The fourth-order valence-electron chi connectivity index (χ4n) is 2.01. The molecule has 0 aliphatic heterocycles. The van der Waals surface area contributed by atoms with Crippen molar-refractivity contribution in [2.24, 2.45) is 0 Å². The van der Waals surface area contributed by atoms with Crippen LogP contribution in [0.25, 0.3) is 0 Å². The predicted octanol–water partition coefficient (Wildman–Crippen LogP) is 3.57. The Labute approximate surface area is 117 Å². The van der Waals surface area contributed by atoms with E-state index in [2.05, 4.69) is 10.3 Å². The summed E-state index contributed by atoms with van der Waals surface area (Å²) in [5.41, 5.74) is -0.457. The normalized spacial score (nSPS) is 15.1. The van der Waals surface area contributed by atoms with Crippen LogP contribution in [0.1, 0.15) is 43.9 Å². The molecule has 0 saturated carbocycles. The molecule has 0 fully saturated rings. The van der Waals surface area contributed by atoms with Gasteiger partial charge in [-0.3, -0.25) is 4.98 Å². The summed E-state index contributed by atoms with van der Waals surface area (Å²) in [6.07, 6.45) is -0.738. The molecule has 1 aromatic rings. The summed E-state index contributed by atoms with van der Waals surface area (Å²) in [5.74, 6) is 0. The third-order valence-corrected chi connectivity index (χ3v) is 3.14. The zero-order chi connectivity index (χ0) is 15.2. The molecule has 1 aromatic heterocycles. The molecule has 1 N–H and O–H groups in total. The van der Waals surface area contributed by atoms with Gasteiger partial charge in [-0.2, -0.15) is 13.2 Å². The second-order valence-electron chi connectivity index (χ2n) is 4.75. The summed E-state index contributed by atoms with van der Waals surface area (Å²) in [4.78, 5) is 3.84. The van der Waals surface area contributed by atoms with E-state index in [0.717, 1.165) is 12.5 Å². The number of methoxy groups -OCH3 is 1. The Kier molecular flexibility index (Phi) is 6.42. The molecule has 0 aliphatic rings. The van der Waals surface area contributed by atoms with Crippen LogP contribution in [0.3, 0.4) is 0 Å². The van der Waals surface area contributed by atoms with E-state index in [-0.39, 0.29) is 11.7 Å². The van der Waals surface area contributed by atoms with Crippen molar-refractivity contribution in [2.45, 2.75) is 45.0 Å². The van der Waals surface area contributed by atoms with Crippen molar-refractivity contribution in [2.75, 3.05) is 13.7 Å². The molecule has 3 nitrogen and oxygen atoms in total. The topological polar surface area (TPSA) is 34.1 Å². The zero-order valence-corrected chi connectivity index (χ0v) is 12.0. The van der Waals surface area contributed by atoms with Gasteiger partial charge in [-0.1, -0.05) is 6.92 Å². The Hall–Kier alpha value is -1.14. The third kappa shape index (κ3) is 4.76. The minimum Gasteiger partial charge on any atom is -0.382 e. The highest BCUT2D eigenvalue weighted by Gasteiger charge is 2.35. The molecule has 0 aliphatic carbocycles. The average molecular weight is 290 g/mol. The molecule has 0 aromatic carbocycles. The molecular formula is C14H21F3N2O. The molecule has 2 atom stereocenters. The van der Waals surface area contributed by atoms with E-state index in [9.17, 15) is 13.2 Å². The van der Waals surface area contributed by atoms with Crippen molar-refractivity contribution in [3.05, 3.63) is 29.6 Å². The average Bonchev–Trinajstić information content (AvgIpc) is 2.42. The summed E-state index contributed by atoms with van der Waals surface area (Å²) >= 11 is 0. The Morgan fingerprint density at radius 1 is 1.40 bits per heavy atom. The number of hydrogen-bond donors (Lipinski definition) is 1. The highest BCUT2D eigenvalue weighted by Crippen LogP contribution is 2.35. The first-order valence-electron chi connectivity index (χ1n) is 6.67. The predicted molar refractivity (Wildman–Crippen MR) is 71.4 cm³/mol. The molecule has 0 radical (unpaired) electrons. The van der Waals surface area contributed by atoms with Crippen molar-refractivity contribution in [1.29, 1.82) is 0 Å². The first kappa shape index (κ1) is 16.9. The largest absolute Gasteiger partial charge is 0.416 e. The zero-order valence-electron chi connectivity index (χ0n) is 12.0. The molecule has 1 heterocycles. The van der Waals surface area contributed by atoms with Gasteiger partial charge in [0, 0.05) is 25.5 Å². The Bertz CT molecular complexity index is 410. The van der Waals surface area contributed by atoms with Gasteiger partial charge in [-0.25, -0.2) is 0 Å². The van der Waals surface area contributed by atoms with Gasteiger partial charge in [-0.05, 0) is 37.9 Å². The molecule has 0 bridgehead atoms. The van der Waals surface area contributed by atoms with Crippen LogP contribution in [0.4, 0.5) is 13.2 Å². The number of nitrogens with one attached hydrogen (secondary N) is 1. The van der Waals surface area contributed by atoms with Crippen LogP contribution in [-0.4, -0.2) is 24.7 Å². The summed E-state index contributed by atoms with van der Waals surface area (Å²) in [6, 6.07) is 0.600. The number of halogens is 3. The van der Waals surface area contributed by atoms with E-state index in [1.807, 2.05) is 13.8 Å². The molecule has 0 spiro atoms. The Morgan fingerprint density at radius 2 is 2.10 bits per heavy atom. The van der Waals surface area contributed by atoms with Crippen molar-refractivity contribution in [3.63, 3.8) is 0 Å². The lowest BCUT2D eigenvalue weighted by molar-refractivity contribution is -0.138. The monoisotopic (exact) mass is 290 g/mol. The van der Waals surface area contributed by atoms with Crippen molar-refractivity contribution in [1.82, 2.24) is 10.3 Å². The number of ether oxygens (including phenoxy) is 1. The van der Waals surface area contributed by atoms with Crippen LogP contribution in [-0.2, 0) is 10.9 Å². The van der Waals surface area contributed by atoms with Gasteiger partial charge >= 0.3 is 6.18 Å². The lowest BCUT2D eigenvalue weighted by Crippen LogP contribution is -2.28. The fourth-order valence-corrected chi connectivity index (χ4v) is 2.01. The van der Waals surface area contributed by atoms with Gasteiger partial charge < -0.3 is 10.1 Å². The van der Waals surface area contributed by atoms with E-state index in [4.69, 9.17) is 4.74 Å². The lowest BCUT2D eigenvalue weighted by Gasteiger charge is -2.24. The first-order valence-corrected chi connectivity index (χ1v) is 6.67. The molecule has 0 amide bonds. The number of nitrogens with zero attached hydrogens (tertiary/aromatic N) is 1. The van der Waals surface area contributed by atoms with E-state index >= 15 is 0 Å². The summed E-state index contributed by atoms with van der Waals surface area (Å²) < 4.78 is 44.4. The van der Waals surface area contributed by atoms with Crippen LogP contribution in [0.2, 0.25) is 0 Å². The maximum Gasteiger partial charge on any atom is 0.416 e. The number of hydrogen-bond acceptors (Lipinski definition) is 3. The summed E-state index contributed by atoms with van der Waals surface area (Å²) in [6.45, 7) is 4.45. The minimum absolute atomic E-state index is 0.134. The molecule has 114 valence electrons. The highest BCUT2D eigenvalue weighted by atomic mass is 19.4. The van der Waals surface area contributed by atoms with Crippen molar-refractivity contribution < 1.29 is 17.9 Å². The molecule has 20 heavy (non-hydrogen) atoms. The Balaban J connectivity index is 3.06. The minimum atomic E-state index is -4.37. The van der Waals surface area contributed by atoms with Gasteiger partial charge in [0.15, 0.2) is 0 Å². The molecular weight excluding hydrogens is 269 g/mol. The molecule has 1 rings (SSSR count). The van der Waals surface area contributed by atoms with E-state index in [1.165, 1.54) is 12.4 Å². The van der Waals surface area contributed by atoms with Crippen LogP contribution in [0, 0.1) is 0 Å². The number of rotatable bonds is 7. The number of alkyl halides is 3. The van der Waals surface area contributed by atoms with Crippen LogP contribution in [0.5, 0.6) is 0 Å². The molecule has 6 heteroatoms.